The predicted octanol–water partition coefficient (Wildman–Crippen LogP) is 16.1. The van der Waals surface area contributed by atoms with Crippen molar-refractivity contribution in [3.63, 3.8) is 0 Å². The lowest BCUT2D eigenvalue weighted by molar-refractivity contribution is 0.0543. The van der Waals surface area contributed by atoms with Crippen LogP contribution in [0.5, 0.6) is 5.75 Å². The number of Topliss-reactive ketones (excluding diaryl/α,β-unsaturated/α-hetero) is 1. The van der Waals surface area contributed by atoms with Crippen molar-refractivity contribution in [2.75, 3.05) is 50.6 Å². The van der Waals surface area contributed by atoms with Crippen LogP contribution >= 0.6 is 66.4 Å². The first-order valence-corrected chi connectivity index (χ1v) is 28.9. The Labute approximate surface area is 520 Å². The average molecular weight is 1330 g/mol. The largest absolute Gasteiger partial charge is 0.491 e. The smallest absolute Gasteiger partial charge is 0.418 e. The van der Waals surface area contributed by atoms with Gasteiger partial charge in [-0.1, -0.05) is 90.9 Å². The minimum absolute atomic E-state index is 0. The number of aromatic nitrogens is 6. The molecule has 0 saturated carbocycles. The van der Waals surface area contributed by atoms with Crippen molar-refractivity contribution in [3.05, 3.63) is 163 Å². The molecule has 2 aliphatic heterocycles. The number of ether oxygens (including phenoxy) is 3. The molecule has 0 radical (unpaired) electrons. The lowest BCUT2D eigenvalue weighted by Gasteiger charge is -2.19. The van der Waals surface area contributed by atoms with Crippen molar-refractivity contribution in [2.24, 2.45) is 10.7 Å². The lowest BCUT2D eigenvalue weighted by atomic mass is 10.1. The maximum atomic E-state index is 12.2. The Bertz CT molecular complexity index is 3560. The number of hydrogen-bond acceptors (Lipinski definition) is 16. The molecule has 0 amide bonds. The van der Waals surface area contributed by atoms with Gasteiger partial charge in [-0.3, -0.25) is 14.4 Å². The Morgan fingerprint density at radius 3 is 2.13 bits per heavy atom. The molecular formula is C61H71Br2Cl2N11O7S. The second kappa shape index (κ2) is 34.0. The third-order valence-corrected chi connectivity index (χ3v) is 13.8. The van der Waals surface area contributed by atoms with E-state index in [9.17, 15) is 14.4 Å². The summed E-state index contributed by atoms with van der Waals surface area (Å²) in [6.07, 6.45) is 9.43. The summed E-state index contributed by atoms with van der Waals surface area (Å²) in [5.41, 5.74) is 11.3. The van der Waals surface area contributed by atoms with Gasteiger partial charge in [-0.15, -0.1) is 11.3 Å². The van der Waals surface area contributed by atoms with Crippen LogP contribution in [0.1, 0.15) is 88.5 Å². The Balaban J connectivity index is 0.000000230. The molecule has 11 rings (SSSR count). The number of nitrogens with zero attached hydrogens (tertiary/aromatic N) is 6. The first kappa shape index (κ1) is 69.4. The number of aliphatic imine (C=N–C) groups is 1. The van der Waals surface area contributed by atoms with Crippen LogP contribution < -0.4 is 26.4 Å². The van der Waals surface area contributed by atoms with Gasteiger partial charge in [0.2, 0.25) is 10.6 Å². The molecule has 446 valence electrons. The summed E-state index contributed by atoms with van der Waals surface area (Å²) >= 11 is 19.6. The first-order valence-electron chi connectivity index (χ1n) is 25.7. The number of thiophene rings is 1. The van der Waals surface area contributed by atoms with Gasteiger partial charge >= 0.3 is 12.1 Å². The van der Waals surface area contributed by atoms with Gasteiger partial charge in [0.15, 0.2) is 17.4 Å². The number of anilines is 4. The molecule has 1 fully saturated rings. The molecule has 18 nitrogen and oxygen atoms in total. The van der Waals surface area contributed by atoms with Gasteiger partial charge < -0.3 is 46.0 Å². The van der Waals surface area contributed by atoms with E-state index in [1.807, 2.05) is 118 Å². The molecule has 1 unspecified atom stereocenters. The second-order valence-electron chi connectivity index (χ2n) is 18.8. The molecule has 1 atom stereocenters. The minimum atomic E-state index is -0.864. The number of aromatic amines is 1. The van der Waals surface area contributed by atoms with E-state index in [-0.39, 0.29) is 31.2 Å². The quantitative estimate of drug-likeness (QED) is 0.0551. The molecular weight excluding hydrogens is 1260 g/mol. The van der Waals surface area contributed by atoms with E-state index in [0.717, 1.165) is 103 Å². The maximum absolute atomic E-state index is 12.2. The number of carboxylic acids is 1. The number of rotatable bonds is 10. The van der Waals surface area contributed by atoms with E-state index in [0.29, 0.717) is 34.0 Å². The summed E-state index contributed by atoms with van der Waals surface area (Å²) in [6.45, 7) is 15.8. The van der Waals surface area contributed by atoms with E-state index in [2.05, 4.69) is 97.6 Å². The number of hydrogen-bond donors (Lipinski definition) is 6. The van der Waals surface area contributed by atoms with Gasteiger partial charge in [0.1, 0.15) is 16.3 Å². The van der Waals surface area contributed by atoms with Gasteiger partial charge in [0.25, 0.3) is 0 Å². The fourth-order valence-electron chi connectivity index (χ4n) is 7.46. The number of benzene rings is 4. The van der Waals surface area contributed by atoms with Gasteiger partial charge in [-0.05, 0) is 159 Å². The number of nitrogens with two attached hydrogens (primary N) is 1. The molecule has 9 aromatic rings. The van der Waals surface area contributed by atoms with Crippen LogP contribution in [0.3, 0.4) is 0 Å². The number of fused-ring (bicyclic) bond motifs is 3. The van der Waals surface area contributed by atoms with Crippen LogP contribution in [-0.2, 0) is 9.47 Å². The highest BCUT2D eigenvalue weighted by Gasteiger charge is 2.19. The topological polar surface area (TPSA) is 246 Å². The van der Waals surface area contributed by atoms with Crippen LogP contribution in [-0.4, -0.2) is 110 Å². The van der Waals surface area contributed by atoms with Crippen molar-refractivity contribution in [2.45, 2.75) is 74.5 Å². The van der Waals surface area contributed by atoms with E-state index in [4.69, 9.17) is 48.3 Å². The molecule has 0 bridgehead atoms. The number of methoxy groups -OCH3 is 1. The fourth-order valence-corrected chi connectivity index (χ4v) is 9.56. The standard InChI is InChI=1S/C17H17ClN4O2.C15H13ClN4O.C10H8BrNO.C9H5BrO2S.C4H9NO.C4H11N.2CH4/c1-17(2,3)24-16(23)22-9-7-11-10-12(4-5-13(11)22)20-14-6-8-19-15(18)21-14;1-21-13-9-18-15(16)20-14(13)19-12-4-2-10(3-5-12)11-6-7-17-8-11;1-6(13)9-4-7-2-3-8(11)5-10(7)12-9;10-6-2-1-5-3-8(9(11)12)13-7(5)4-6;5-4-1-2-6-3-4;1-3-5-4-2;;/h4-10H,1-3H3,(H,19,20,21);2-6,8-9H,7H2,1H3,(H,18,19,20);2-5,12H,1H3;1-4H,(H,11,12);4H,1-3,5H2;5H,3-4H2,1-2H3;2*1H4. The Morgan fingerprint density at radius 1 is 0.857 bits per heavy atom. The average Bonchev–Trinajstić information content (AvgIpc) is 3.77. The first-order chi connectivity index (χ1) is 39.2. The third kappa shape index (κ3) is 21.8. The number of carbonyl (C=O) groups is 3. The Kier molecular flexibility index (Phi) is 28.1. The summed E-state index contributed by atoms with van der Waals surface area (Å²) in [5.74, 6) is 0.867. The summed E-state index contributed by atoms with van der Waals surface area (Å²) in [5, 5.41) is 21.5. The molecule has 7 N–H and O–H groups in total. The highest BCUT2D eigenvalue weighted by Crippen LogP contribution is 2.30. The molecule has 1 saturated heterocycles. The molecule has 84 heavy (non-hydrogen) atoms. The van der Waals surface area contributed by atoms with E-state index >= 15 is 0 Å². The SMILES string of the molecule is C.C.CC(=O)c1cc2ccc(Br)cc2[nH]1.CC(C)(C)OC(=O)n1ccc2cc(Nc3ccnc(Cl)n3)ccc21.CCNCC.COc1cnc(Cl)nc1Nc1ccc(C2=CCN=C2)cc1.NC1CCOC1.O=C(O)c1cc2ccc(Br)cc2s1. The van der Waals surface area contributed by atoms with Gasteiger partial charge in [0, 0.05) is 79.5 Å². The zero-order valence-electron chi connectivity index (χ0n) is 46.1. The number of ketones is 1. The second-order valence-corrected chi connectivity index (χ2v) is 22.4. The normalized spacial score (nSPS) is 12.8. The molecule has 7 heterocycles. The highest BCUT2D eigenvalue weighted by molar-refractivity contribution is 9.10. The van der Waals surface area contributed by atoms with E-state index < -0.39 is 17.7 Å². The van der Waals surface area contributed by atoms with Gasteiger partial charge in [-0.25, -0.2) is 24.5 Å². The fraction of sp³-hybridized carbons (Fsp3) is 0.279. The summed E-state index contributed by atoms with van der Waals surface area (Å²) in [7, 11) is 1.56. The molecule has 0 spiro atoms. The van der Waals surface area contributed by atoms with Crippen molar-refractivity contribution < 1.29 is 33.7 Å². The number of allylic oxidation sites excluding steroid dienone is 1. The molecule has 5 aromatic heterocycles. The summed E-state index contributed by atoms with van der Waals surface area (Å²) in [6, 6.07) is 32.7. The zero-order valence-corrected chi connectivity index (χ0v) is 51.6. The van der Waals surface area contributed by atoms with Crippen molar-refractivity contribution in [3.8, 4) is 5.75 Å². The number of aromatic carboxylic acids is 1. The summed E-state index contributed by atoms with van der Waals surface area (Å²) < 4.78 is 20.0. The van der Waals surface area contributed by atoms with Crippen LogP contribution in [0.15, 0.2) is 142 Å². The number of carbonyl (C=O) groups excluding carboxylic acids is 2. The number of carboxylic acid groups (broad SMARTS) is 1. The Morgan fingerprint density at radius 2 is 1.55 bits per heavy atom. The van der Waals surface area contributed by atoms with Crippen LogP contribution in [0.25, 0.3) is 37.5 Å². The van der Waals surface area contributed by atoms with Crippen molar-refractivity contribution >= 4 is 151 Å². The molecule has 0 aliphatic carbocycles. The minimum Gasteiger partial charge on any atom is -0.491 e. The number of nitrogens with one attached hydrogen (secondary N) is 4. The van der Waals surface area contributed by atoms with Crippen molar-refractivity contribution in [1.29, 1.82) is 0 Å². The zero-order chi connectivity index (χ0) is 59.3. The van der Waals surface area contributed by atoms with E-state index in [1.165, 1.54) is 22.1 Å². The van der Waals surface area contributed by atoms with Gasteiger partial charge in [-0.2, -0.15) is 4.98 Å². The molecule has 23 heteroatoms. The van der Waals surface area contributed by atoms with Gasteiger partial charge in [0.05, 0.1) is 37.7 Å². The monoisotopic (exact) mass is 1330 g/mol. The van der Waals surface area contributed by atoms with Crippen LogP contribution in [0, 0.1) is 0 Å². The predicted molar refractivity (Wildman–Crippen MR) is 352 cm³/mol. The van der Waals surface area contributed by atoms with Crippen molar-refractivity contribution in [1.82, 2.24) is 34.8 Å². The number of halogens is 4. The molecule has 2 aliphatic rings. The Hall–Kier alpha value is -7.08. The molecule has 4 aromatic carbocycles. The highest BCUT2D eigenvalue weighted by atomic mass is 79.9. The lowest BCUT2D eigenvalue weighted by Crippen LogP contribution is -2.26. The number of H-pyrrole nitrogens is 1. The van der Waals surface area contributed by atoms with Crippen LogP contribution in [0.4, 0.5) is 27.8 Å². The van der Waals surface area contributed by atoms with Crippen LogP contribution in [0.2, 0.25) is 10.6 Å². The summed E-state index contributed by atoms with van der Waals surface area (Å²) in [4.78, 5) is 57.5. The third-order valence-electron chi connectivity index (χ3n) is 11.4. The van der Waals surface area contributed by atoms with E-state index in [1.54, 1.807) is 38.6 Å². The maximum Gasteiger partial charge on any atom is 0.418 e.